The van der Waals surface area contributed by atoms with Crippen LogP contribution >= 0.6 is 11.6 Å². The summed E-state index contributed by atoms with van der Waals surface area (Å²) in [5, 5.41) is 0.0449. The summed E-state index contributed by atoms with van der Waals surface area (Å²) in [6.07, 6.45) is 7.16. The maximum absolute atomic E-state index is 11.7. The van der Waals surface area contributed by atoms with Gasteiger partial charge in [0.25, 0.3) is 0 Å². The first-order valence-corrected chi connectivity index (χ1v) is 6.55. The van der Waals surface area contributed by atoms with Crippen LogP contribution < -0.4 is 0 Å². The van der Waals surface area contributed by atoms with Crippen molar-refractivity contribution in [2.45, 2.75) is 56.9 Å². The Morgan fingerprint density at radius 2 is 2.00 bits per heavy atom. The summed E-state index contributed by atoms with van der Waals surface area (Å²) in [6, 6.07) is 0.404. The van der Waals surface area contributed by atoms with Crippen LogP contribution in [0.2, 0.25) is 0 Å². The molecule has 3 heteroatoms. The van der Waals surface area contributed by atoms with Crippen molar-refractivity contribution in [2.24, 2.45) is 5.92 Å². The standard InChI is InChI=1S/C12H20ClNO/c1-9(10-5-3-2-4-6-10)14-8-11(13)7-12(14)15/h9-11H,2-8H2,1H3. The van der Waals surface area contributed by atoms with Gasteiger partial charge in [-0.15, -0.1) is 11.6 Å². The molecular weight excluding hydrogens is 210 g/mol. The molecule has 0 aromatic heterocycles. The van der Waals surface area contributed by atoms with Crippen LogP contribution in [0, 0.1) is 5.92 Å². The van der Waals surface area contributed by atoms with E-state index in [0.29, 0.717) is 18.4 Å². The summed E-state index contributed by atoms with van der Waals surface area (Å²) in [7, 11) is 0. The molecule has 1 heterocycles. The van der Waals surface area contributed by atoms with Crippen LogP contribution in [-0.4, -0.2) is 28.8 Å². The molecule has 15 heavy (non-hydrogen) atoms. The van der Waals surface area contributed by atoms with Crippen LogP contribution in [0.25, 0.3) is 0 Å². The van der Waals surface area contributed by atoms with Gasteiger partial charge in [-0.05, 0) is 25.7 Å². The van der Waals surface area contributed by atoms with Crippen LogP contribution in [0.1, 0.15) is 45.4 Å². The highest BCUT2D eigenvalue weighted by molar-refractivity contribution is 6.22. The zero-order valence-corrected chi connectivity index (χ0v) is 10.2. The minimum absolute atomic E-state index is 0.0449. The minimum Gasteiger partial charge on any atom is -0.338 e. The highest BCUT2D eigenvalue weighted by atomic mass is 35.5. The quantitative estimate of drug-likeness (QED) is 0.667. The van der Waals surface area contributed by atoms with Crippen molar-refractivity contribution in [3.05, 3.63) is 0 Å². The first-order valence-electron chi connectivity index (χ1n) is 6.12. The van der Waals surface area contributed by atoms with Crippen LogP contribution in [0.5, 0.6) is 0 Å². The van der Waals surface area contributed by atoms with Crippen LogP contribution in [0.3, 0.4) is 0 Å². The number of likely N-dealkylation sites (tertiary alicyclic amines) is 1. The van der Waals surface area contributed by atoms with Crippen molar-refractivity contribution in [2.75, 3.05) is 6.54 Å². The summed E-state index contributed by atoms with van der Waals surface area (Å²) >= 11 is 6.02. The lowest BCUT2D eigenvalue weighted by molar-refractivity contribution is -0.130. The Balaban J connectivity index is 1.94. The van der Waals surface area contributed by atoms with Gasteiger partial charge in [-0.1, -0.05) is 19.3 Å². The number of nitrogens with zero attached hydrogens (tertiary/aromatic N) is 1. The Kier molecular flexibility index (Phi) is 3.55. The van der Waals surface area contributed by atoms with Gasteiger partial charge in [0, 0.05) is 19.0 Å². The van der Waals surface area contributed by atoms with E-state index in [-0.39, 0.29) is 11.3 Å². The molecule has 0 spiro atoms. The van der Waals surface area contributed by atoms with E-state index in [2.05, 4.69) is 6.92 Å². The van der Waals surface area contributed by atoms with Crippen molar-refractivity contribution in [1.82, 2.24) is 4.90 Å². The highest BCUT2D eigenvalue weighted by Gasteiger charge is 2.34. The molecule has 0 radical (unpaired) electrons. The predicted octanol–water partition coefficient (Wildman–Crippen LogP) is 2.79. The average molecular weight is 230 g/mol. The highest BCUT2D eigenvalue weighted by Crippen LogP contribution is 2.31. The number of amides is 1. The van der Waals surface area contributed by atoms with Gasteiger partial charge in [0.1, 0.15) is 0 Å². The maximum Gasteiger partial charge on any atom is 0.224 e. The summed E-state index contributed by atoms with van der Waals surface area (Å²) < 4.78 is 0. The Morgan fingerprint density at radius 1 is 1.33 bits per heavy atom. The molecule has 0 aromatic rings. The summed E-state index contributed by atoms with van der Waals surface area (Å²) in [4.78, 5) is 13.7. The number of carbonyl (C=O) groups excluding carboxylic acids is 1. The molecule has 0 bridgehead atoms. The lowest BCUT2D eigenvalue weighted by Crippen LogP contribution is -2.40. The van der Waals surface area contributed by atoms with E-state index in [0.717, 1.165) is 6.54 Å². The van der Waals surface area contributed by atoms with E-state index in [9.17, 15) is 4.79 Å². The number of hydrogen-bond donors (Lipinski definition) is 0. The van der Waals surface area contributed by atoms with E-state index in [1.165, 1.54) is 32.1 Å². The first kappa shape index (κ1) is 11.3. The van der Waals surface area contributed by atoms with Gasteiger partial charge >= 0.3 is 0 Å². The molecular formula is C12H20ClNO. The molecule has 2 unspecified atom stereocenters. The van der Waals surface area contributed by atoms with E-state index >= 15 is 0 Å². The van der Waals surface area contributed by atoms with Crippen molar-refractivity contribution in [1.29, 1.82) is 0 Å². The molecule has 2 fully saturated rings. The first-order chi connectivity index (χ1) is 7.18. The molecule has 1 aliphatic carbocycles. The Morgan fingerprint density at radius 3 is 2.53 bits per heavy atom. The van der Waals surface area contributed by atoms with Crippen molar-refractivity contribution < 1.29 is 4.79 Å². The summed E-state index contributed by atoms with van der Waals surface area (Å²) in [5.41, 5.74) is 0. The normalized spacial score (nSPS) is 30.9. The largest absolute Gasteiger partial charge is 0.338 e. The molecule has 2 nitrogen and oxygen atoms in total. The van der Waals surface area contributed by atoms with Gasteiger partial charge in [-0.2, -0.15) is 0 Å². The number of alkyl halides is 1. The number of rotatable bonds is 2. The number of carbonyl (C=O) groups is 1. The molecule has 1 saturated heterocycles. The Bertz CT molecular complexity index is 238. The molecule has 2 rings (SSSR count). The topological polar surface area (TPSA) is 20.3 Å². The third-order valence-corrected chi connectivity index (χ3v) is 4.23. The van der Waals surface area contributed by atoms with Crippen LogP contribution in [0.15, 0.2) is 0 Å². The third-order valence-electron chi connectivity index (χ3n) is 3.93. The molecule has 0 aromatic carbocycles. The molecule has 1 saturated carbocycles. The fourth-order valence-corrected chi connectivity index (χ4v) is 3.23. The fraction of sp³-hybridized carbons (Fsp3) is 0.917. The van der Waals surface area contributed by atoms with Crippen molar-refractivity contribution in [3.8, 4) is 0 Å². The van der Waals surface area contributed by atoms with Gasteiger partial charge in [-0.3, -0.25) is 4.79 Å². The fourth-order valence-electron chi connectivity index (χ4n) is 2.95. The van der Waals surface area contributed by atoms with Crippen LogP contribution in [0.4, 0.5) is 0 Å². The lowest BCUT2D eigenvalue weighted by Gasteiger charge is -2.34. The van der Waals surface area contributed by atoms with E-state index < -0.39 is 0 Å². The van der Waals surface area contributed by atoms with Crippen LogP contribution in [-0.2, 0) is 4.79 Å². The predicted molar refractivity (Wildman–Crippen MR) is 62.0 cm³/mol. The second-order valence-electron chi connectivity index (χ2n) is 4.99. The molecule has 0 N–H and O–H groups in total. The second-order valence-corrected chi connectivity index (χ2v) is 5.60. The molecule has 2 atom stereocenters. The number of hydrogen-bond acceptors (Lipinski definition) is 1. The van der Waals surface area contributed by atoms with Gasteiger partial charge in [0.15, 0.2) is 0 Å². The average Bonchev–Trinajstić information content (AvgIpc) is 2.58. The van der Waals surface area contributed by atoms with Gasteiger partial charge < -0.3 is 4.90 Å². The lowest BCUT2D eigenvalue weighted by atomic mass is 9.84. The third kappa shape index (κ3) is 2.47. The van der Waals surface area contributed by atoms with E-state index in [4.69, 9.17) is 11.6 Å². The summed E-state index contributed by atoms with van der Waals surface area (Å²) in [6.45, 7) is 2.96. The van der Waals surface area contributed by atoms with Gasteiger partial charge in [0.2, 0.25) is 5.91 Å². The van der Waals surface area contributed by atoms with Crippen molar-refractivity contribution in [3.63, 3.8) is 0 Å². The second kappa shape index (κ2) is 4.73. The zero-order chi connectivity index (χ0) is 10.8. The van der Waals surface area contributed by atoms with E-state index in [1.807, 2.05) is 4.90 Å². The van der Waals surface area contributed by atoms with Gasteiger partial charge in [-0.25, -0.2) is 0 Å². The molecule has 1 aliphatic heterocycles. The SMILES string of the molecule is CC(C1CCCCC1)N1CC(Cl)CC1=O. The minimum atomic E-state index is 0.0449. The molecule has 1 amide bonds. The molecule has 86 valence electrons. The monoisotopic (exact) mass is 229 g/mol. The Hall–Kier alpha value is -0.240. The van der Waals surface area contributed by atoms with Crippen molar-refractivity contribution >= 4 is 17.5 Å². The van der Waals surface area contributed by atoms with E-state index in [1.54, 1.807) is 0 Å². The number of halogens is 1. The molecule has 2 aliphatic rings. The Labute approximate surface area is 97.0 Å². The maximum atomic E-state index is 11.7. The van der Waals surface area contributed by atoms with Gasteiger partial charge in [0.05, 0.1) is 5.38 Å². The zero-order valence-electron chi connectivity index (χ0n) is 9.42. The summed E-state index contributed by atoms with van der Waals surface area (Å²) in [5.74, 6) is 0.970. The smallest absolute Gasteiger partial charge is 0.224 e.